The first kappa shape index (κ1) is 16.5. The van der Waals surface area contributed by atoms with E-state index >= 15 is 0 Å². The molecule has 0 unspecified atom stereocenters. The molecule has 1 N–H and O–H groups in total. The fourth-order valence-corrected chi connectivity index (χ4v) is 3.80. The Morgan fingerprint density at radius 1 is 1.19 bits per heavy atom. The standard InChI is InChI=1S/C20H15FN2O2S/c1-12-16(15-4-2-3-5-17(15)22-12)10-18-19(24)23(20(25)26-18)11-13-6-8-14(21)9-7-13/h2-10,24H,11H2,1H3/b16-10-. The second-order valence-electron chi connectivity index (χ2n) is 6.04. The normalized spacial score (nSPS) is 14.5. The molecule has 0 amide bonds. The number of aromatic hydroxyl groups is 1. The van der Waals surface area contributed by atoms with E-state index < -0.39 is 0 Å². The van der Waals surface area contributed by atoms with Crippen LogP contribution in [0, 0.1) is 5.82 Å². The zero-order chi connectivity index (χ0) is 18.3. The van der Waals surface area contributed by atoms with Gasteiger partial charge in [-0.3, -0.25) is 14.4 Å². The van der Waals surface area contributed by atoms with Crippen molar-refractivity contribution >= 4 is 34.4 Å². The maximum atomic E-state index is 13.0. The van der Waals surface area contributed by atoms with Gasteiger partial charge in [0.1, 0.15) is 5.82 Å². The van der Waals surface area contributed by atoms with Crippen molar-refractivity contribution in [3.63, 3.8) is 0 Å². The first-order chi connectivity index (χ1) is 12.5. The summed E-state index contributed by atoms with van der Waals surface area (Å²) >= 11 is 0.979. The van der Waals surface area contributed by atoms with Crippen molar-refractivity contribution in [1.82, 2.24) is 4.57 Å². The summed E-state index contributed by atoms with van der Waals surface area (Å²) in [5, 5.41) is 10.5. The van der Waals surface area contributed by atoms with Crippen LogP contribution < -0.4 is 4.87 Å². The number of benzene rings is 2. The predicted molar refractivity (Wildman–Crippen MR) is 103 cm³/mol. The topological polar surface area (TPSA) is 54.6 Å². The second kappa shape index (κ2) is 6.38. The van der Waals surface area contributed by atoms with Crippen LogP contribution in [0.4, 0.5) is 10.1 Å². The molecule has 0 atom stereocenters. The highest BCUT2D eigenvalue weighted by atomic mass is 32.1. The van der Waals surface area contributed by atoms with Crippen LogP contribution in [0.25, 0.3) is 11.6 Å². The Kier molecular flexibility index (Phi) is 4.05. The summed E-state index contributed by atoms with van der Waals surface area (Å²) in [6, 6.07) is 13.6. The van der Waals surface area contributed by atoms with E-state index in [1.807, 2.05) is 31.2 Å². The monoisotopic (exact) mass is 366 g/mol. The summed E-state index contributed by atoms with van der Waals surface area (Å²) < 4.78 is 14.3. The number of halogens is 1. The van der Waals surface area contributed by atoms with Crippen molar-refractivity contribution < 1.29 is 9.50 Å². The molecule has 3 aromatic rings. The van der Waals surface area contributed by atoms with Gasteiger partial charge in [-0.05, 0) is 36.8 Å². The quantitative estimate of drug-likeness (QED) is 0.745. The van der Waals surface area contributed by atoms with Gasteiger partial charge in [0, 0.05) is 16.8 Å². The van der Waals surface area contributed by atoms with Crippen molar-refractivity contribution in [3.8, 4) is 5.88 Å². The molecule has 4 rings (SSSR count). The lowest BCUT2D eigenvalue weighted by Gasteiger charge is -2.04. The SMILES string of the molecule is CC1=Nc2ccccc2/C1=C\c1sc(=O)n(Cc2ccc(F)cc2)c1O. The number of aliphatic imine (C=N–C) groups is 1. The maximum absolute atomic E-state index is 13.0. The number of hydrogen-bond donors (Lipinski definition) is 1. The van der Waals surface area contributed by atoms with Crippen LogP contribution in [0.2, 0.25) is 0 Å². The van der Waals surface area contributed by atoms with Gasteiger partial charge >= 0.3 is 4.87 Å². The van der Waals surface area contributed by atoms with Crippen LogP contribution in [0.1, 0.15) is 22.9 Å². The lowest BCUT2D eigenvalue weighted by Crippen LogP contribution is -2.13. The molecule has 6 heteroatoms. The van der Waals surface area contributed by atoms with Crippen LogP contribution in [0.5, 0.6) is 5.88 Å². The number of nitrogens with zero attached hydrogens (tertiary/aromatic N) is 2. The minimum atomic E-state index is -0.337. The molecule has 1 aliphatic heterocycles. The third-order valence-corrected chi connectivity index (χ3v) is 5.21. The smallest absolute Gasteiger partial charge is 0.310 e. The minimum Gasteiger partial charge on any atom is -0.493 e. The Balaban J connectivity index is 1.72. The summed E-state index contributed by atoms with van der Waals surface area (Å²) in [6.45, 7) is 2.09. The van der Waals surface area contributed by atoms with Crippen molar-refractivity contribution in [2.24, 2.45) is 4.99 Å². The van der Waals surface area contributed by atoms with Crippen LogP contribution in [0.3, 0.4) is 0 Å². The zero-order valence-corrected chi connectivity index (χ0v) is 14.8. The fourth-order valence-electron chi connectivity index (χ4n) is 2.97. The average molecular weight is 366 g/mol. The van der Waals surface area contributed by atoms with Crippen LogP contribution in [0.15, 0.2) is 58.3 Å². The molecule has 2 aromatic carbocycles. The highest BCUT2D eigenvalue weighted by Gasteiger charge is 2.20. The van der Waals surface area contributed by atoms with E-state index in [2.05, 4.69) is 4.99 Å². The van der Waals surface area contributed by atoms with Crippen LogP contribution in [-0.4, -0.2) is 15.4 Å². The Bertz CT molecular complexity index is 1110. The van der Waals surface area contributed by atoms with Crippen molar-refractivity contribution in [2.45, 2.75) is 13.5 Å². The molecule has 0 saturated carbocycles. The molecule has 130 valence electrons. The third kappa shape index (κ3) is 2.88. The van der Waals surface area contributed by atoms with E-state index in [4.69, 9.17) is 0 Å². The molecule has 0 aliphatic carbocycles. The van der Waals surface area contributed by atoms with Gasteiger partial charge in [0.15, 0.2) is 0 Å². The molecule has 26 heavy (non-hydrogen) atoms. The Morgan fingerprint density at radius 3 is 2.69 bits per heavy atom. The number of aromatic nitrogens is 1. The molecule has 4 nitrogen and oxygen atoms in total. The van der Waals surface area contributed by atoms with Crippen molar-refractivity contribution in [2.75, 3.05) is 0 Å². The van der Waals surface area contributed by atoms with E-state index in [0.29, 0.717) is 4.88 Å². The lowest BCUT2D eigenvalue weighted by molar-refractivity contribution is 0.420. The van der Waals surface area contributed by atoms with Crippen molar-refractivity contribution in [1.29, 1.82) is 0 Å². The molecule has 0 bridgehead atoms. The molecule has 0 radical (unpaired) electrons. The van der Waals surface area contributed by atoms with Gasteiger partial charge in [-0.15, -0.1) is 0 Å². The lowest BCUT2D eigenvalue weighted by atomic mass is 10.0. The van der Waals surface area contributed by atoms with Gasteiger partial charge in [-0.1, -0.05) is 41.7 Å². The number of thiazole rings is 1. The zero-order valence-electron chi connectivity index (χ0n) is 13.9. The van der Waals surface area contributed by atoms with Gasteiger partial charge in [-0.2, -0.15) is 0 Å². The third-order valence-electron chi connectivity index (χ3n) is 4.30. The molecule has 2 heterocycles. The fraction of sp³-hybridized carbons (Fsp3) is 0.100. The van der Waals surface area contributed by atoms with E-state index in [1.54, 1.807) is 18.2 Å². The van der Waals surface area contributed by atoms with E-state index in [9.17, 15) is 14.3 Å². The first-order valence-electron chi connectivity index (χ1n) is 8.07. The summed E-state index contributed by atoms with van der Waals surface area (Å²) in [7, 11) is 0. The van der Waals surface area contributed by atoms with Gasteiger partial charge in [-0.25, -0.2) is 4.39 Å². The largest absolute Gasteiger partial charge is 0.493 e. The molecule has 0 saturated heterocycles. The maximum Gasteiger partial charge on any atom is 0.310 e. The van der Waals surface area contributed by atoms with Crippen LogP contribution >= 0.6 is 11.3 Å². The average Bonchev–Trinajstić information content (AvgIpc) is 3.08. The number of para-hydroxylation sites is 1. The second-order valence-corrected chi connectivity index (χ2v) is 7.03. The van der Waals surface area contributed by atoms with Crippen molar-refractivity contribution in [3.05, 3.63) is 80.0 Å². The highest BCUT2D eigenvalue weighted by Crippen LogP contribution is 2.37. The molecular formula is C20H15FN2O2S. The summed E-state index contributed by atoms with van der Waals surface area (Å²) in [5.41, 5.74) is 4.34. The number of hydrogen-bond acceptors (Lipinski definition) is 4. The molecule has 1 aliphatic rings. The molecule has 0 spiro atoms. The van der Waals surface area contributed by atoms with Gasteiger partial charge in [0.25, 0.3) is 0 Å². The van der Waals surface area contributed by atoms with Gasteiger partial charge in [0.05, 0.1) is 17.1 Å². The molecule has 1 aromatic heterocycles. The minimum absolute atomic E-state index is 0.0889. The summed E-state index contributed by atoms with van der Waals surface area (Å²) in [4.78, 5) is 17.1. The number of allylic oxidation sites excluding steroid dienone is 1. The first-order valence-corrected chi connectivity index (χ1v) is 8.88. The Morgan fingerprint density at radius 2 is 1.92 bits per heavy atom. The summed E-state index contributed by atoms with van der Waals surface area (Å²) in [5.74, 6) is -0.426. The molecular weight excluding hydrogens is 351 g/mol. The Labute approximate surface area is 153 Å². The predicted octanol–water partition coefficient (Wildman–Crippen LogP) is 4.45. The summed E-state index contributed by atoms with van der Waals surface area (Å²) in [6.07, 6.45) is 1.80. The van der Waals surface area contributed by atoms with Crippen LogP contribution in [-0.2, 0) is 6.54 Å². The highest BCUT2D eigenvalue weighted by molar-refractivity contribution is 7.10. The van der Waals surface area contributed by atoms with Gasteiger partial charge < -0.3 is 5.11 Å². The van der Waals surface area contributed by atoms with E-state index in [0.717, 1.165) is 39.4 Å². The van der Waals surface area contributed by atoms with E-state index in [1.165, 1.54) is 16.7 Å². The van der Waals surface area contributed by atoms with E-state index in [-0.39, 0.29) is 23.1 Å². The number of rotatable bonds is 3. The van der Waals surface area contributed by atoms with Gasteiger partial charge in [0.2, 0.25) is 5.88 Å². The molecule has 0 fully saturated rings. The number of fused-ring (bicyclic) bond motifs is 1. The Hall–Kier alpha value is -2.99.